The Bertz CT molecular complexity index is 1680. The molecule has 3 unspecified atom stereocenters. The highest BCUT2D eigenvalue weighted by atomic mass is 32.2. The van der Waals surface area contributed by atoms with Crippen LogP contribution in [-0.4, -0.2) is 53.3 Å². The molecule has 0 saturated carbocycles. The van der Waals surface area contributed by atoms with Gasteiger partial charge in [0.2, 0.25) is 0 Å². The predicted octanol–water partition coefficient (Wildman–Crippen LogP) is 6.61. The van der Waals surface area contributed by atoms with E-state index in [0.29, 0.717) is 31.9 Å². The third-order valence-corrected chi connectivity index (χ3v) is 11.4. The molecule has 1 aliphatic heterocycles. The number of aryl methyl sites for hydroxylation is 2. The molecule has 3 aromatic rings. The summed E-state index contributed by atoms with van der Waals surface area (Å²) < 4.78 is 0. The Hall–Kier alpha value is -3.89. The minimum absolute atomic E-state index is 0.00377. The molecule has 8 nitrogen and oxygen atoms in total. The molecule has 0 radical (unpaired) electrons. The molecule has 2 aromatic carbocycles. The molecule has 3 atom stereocenters. The summed E-state index contributed by atoms with van der Waals surface area (Å²) in [6.07, 6.45) is 14.0. The van der Waals surface area contributed by atoms with Crippen molar-refractivity contribution in [2.45, 2.75) is 99.3 Å². The summed E-state index contributed by atoms with van der Waals surface area (Å²) in [5.41, 5.74) is 21.6. The van der Waals surface area contributed by atoms with Crippen molar-refractivity contribution in [3.63, 3.8) is 0 Å². The van der Waals surface area contributed by atoms with Gasteiger partial charge < -0.3 is 42.4 Å². The molecule has 1 aliphatic carbocycles. The zero-order valence-electron chi connectivity index (χ0n) is 30.0. The molecule has 268 valence electrons. The van der Waals surface area contributed by atoms with Gasteiger partial charge in [0.15, 0.2) is 0 Å². The van der Waals surface area contributed by atoms with E-state index in [1.54, 1.807) is 11.8 Å². The average Bonchev–Trinajstić information content (AvgIpc) is 3.54. The molecule has 2 aliphatic rings. The number of rotatable bonds is 9. The second-order valence-electron chi connectivity index (χ2n) is 13.6. The molecule has 0 spiro atoms. The maximum absolute atomic E-state index is 11.4. The zero-order valence-corrected chi connectivity index (χ0v) is 30.8. The van der Waals surface area contributed by atoms with E-state index < -0.39 is 0 Å². The lowest BCUT2D eigenvalue weighted by molar-refractivity contribution is 0.290. The number of nitrogens with one attached hydrogen (secondary N) is 4. The highest BCUT2D eigenvalue weighted by Crippen LogP contribution is 2.41. The van der Waals surface area contributed by atoms with Crippen LogP contribution in [-0.2, 0) is 25.9 Å². The first-order chi connectivity index (χ1) is 24.2. The largest absolute Gasteiger partial charge is 0.506 e. The first-order valence-corrected chi connectivity index (χ1v) is 18.9. The van der Waals surface area contributed by atoms with E-state index >= 15 is 0 Å². The highest BCUT2D eigenvalue weighted by molar-refractivity contribution is 7.99. The fraction of sp³-hybridized carbons (Fsp3) is 0.415. The molecule has 50 heavy (non-hydrogen) atoms. The Morgan fingerprint density at radius 1 is 0.940 bits per heavy atom. The van der Waals surface area contributed by atoms with Gasteiger partial charge in [-0.3, -0.25) is 0 Å². The van der Waals surface area contributed by atoms with Crippen molar-refractivity contribution >= 4 is 17.8 Å². The number of likely N-dealkylation sites (N-methyl/N-ethyl adjacent to an activating group) is 1. The van der Waals surface area contributed by atoms with E-state index in [0.717, 1.165) is 94.9 Å². The number of aromatic nitrogens is 1. The van der Waals surface area contributed by atoms with Gasteiger partial charge >= 0.3 is 0 Å². The van der Waals surface area contributed by atoms with Crippen molar-refractivity contribution in [3.8, 4) is 5.75 Å². The van der Waals surface area contributed by atoms with Crippen LogP contribution < -0.4 is 27.4 Å². The Labute approximate surface area is 303 Å². The smallest absolute Gasteiger partial charge is 0.132 e. The van der Waals surface area contributed by atoms with E-state index in [2.05, 4.69) is 94.7 Å². The molecule has 0 saturated heterocycles. The topological polar surface area (TPSA) is 127 Å². The summed E-state index contributed by atoms with van der Waals surface area (Å²) in [7, 11) is 2.13. The average molecular weight is 696 g/mol. The van der Waals surface area contributed by atoms with Gasteiger partial charge in [-0.05, 0) is 98.8 Å². The maximum atomic E-state index is 11.4. The van der Waals surface area contributed by atoms with Gasteiger partial charge in [0, 0.05) is 66.5 Å². The summed E-state index contributed by atoms with van der Waals surface area (Å²) in [5.74, 6) is 0.312. The van der Waals surface area contributed by atoms with E-state index in [9.17, 15) is 5.11 Å². The number of hydrogen-bond donors (Lipinski definition) is 7. The number of fused-ring (bicyclic) bond motifs is 3. The minimum Gasteiger partial charge on any atom is -0.506 e. The molecule has 0 bridgehead atoms. The number of nitrogens with two attached hydrogens (primary N) is 2. The number of benzene rings is 2. The molecule has 1 aromatic heterocycles. The van der Waals surface area contributed by atoms with Crippen LogP contribution in [0.2, 0.25) is 0 Å². The highest BCUT2D eigenvalue weighted by Gasteiger charge is 2.28. The third kappa shape index (κ3) is 9.06. The Morgan fingerprint density at radius 2 is 1.72 bits per heavy atom. The van der Waals surface area contributed by atoms with Crippen molar-refractivity contribution in [3.05, 3.63) is 119 Å². The van der Waals surface area contributed by atoms with Crippen molar-refractivity contribution in [2.24, 2.45) is 11.5 Å². The quantitative estimate of drug-likeness (QED) is 0.125. The fourth-order valence-electron chi connectivity index (χ4n) is 6.93. The van der Waals surface area contributed by atoms with Gasteiger partial charge in [0.05, 0.1) is 17.0 Å². The molecule has 0 fully saturated rings. The number of unbranched alkanes of at least 4 members (excludes halogenated alkanes) is 1. The summed E-state index contributed by atoms with van der Waals surface area (Å²) in [6.45, 7) is 18.3. The monoisotopic (exact) mass is 695 g/mol. The first-order valence-electron chi connectivity index (χ1n) is 18.1. The minimum atomic E-state index is -0.0949. The lowest BCUT2D eigenvalue weighted by Crippen LogP contribution is -2.46. The third-order valence-electron chi connectivity index (χ3n) is 10.1. The molecule has 9 N–H and O–H groups in total. The van der Waals surface area contributed by atoms with Crippen LogP contribution in [0.15, 0.2) is 95.3 Å². The number of nitrogens with zero attached hydrogens (tertiary/aromatic N) is 1. The van der Waals surface area contributed by atoms with E-state index in [1.807, 2.05) is 13.0 Å². The van der Waals surface area contributed by atoms with E-state index in [4.69, 9.17) is 18.0 Å². The van der Waals surface area contributed by atoms with Crippen molar-refractivity contribution in [1.29, 1.82) is 0 Å². The Morgan fingerprint density at radius 3 is 2.52 bits per heavy atom. The number of aromatic amines is 1. The van der Waals surface area contributed by atoms with Crippen molar-refractivity contribution in [2.75, 3.05) is 20.1 Å². The van der Waals surface area contributed by atoms with Gasteiger partial charge in [0.1, 0.15) is 5.75 Å². The standard InChI is InChI=1S/C41H57N7OS/c1-27-19-20-32-25-44-29(3)38(23-33-26-46-37-16-8-7-14-34(33)37)48(5)30(4)36(15-10-11-21-42)47-28(2)35(17-12-22-43)45-24-31-13-6-9-18-39(31)50-41(32)40(27)49/h6-7,9,13-14,18-20,26,35-36,38,44-47,49H,2-4,8,10-12,15-17,21-25,42-43H2,1,5H3. The molecular formula is C41H57N7OS. The van der Waals surface area contributed by atoms with Gasteiger partial charge in [0.25, 0.3) is 0 Å². The molecule has 2 heterocycles. The number of hydrogen-bond acceptors (Lipinski definition) is 8. The van der Waals surface area contributed by atoms with E-state index in [-0.39, 0.29) is 18.1 Å². The maximum Gasteiger partial charge on any atom is 0.132 e. The predicted molar refractivity (Wildman–Crippen MR) is 210 cm³/mol. The van der Waals surface area contributed by atoms with Crippen molar-refractivity contribution < 1.29 is 5.11 Å². The van der Waals surface area contributed by atoms with Gasteiger partial charge in [-0.1, -0.05) is 74.0 Å². The lowest BCUT2D eigenvalue weighted by atomic mass is 9.95. The second kappa shape index (κ2) is 17.9. The number of H-pyrrole nitrogens is 1. The summed E-state index contributed by atoms with van der Waals surface area (Å²) in [4.78, 5) is 7.77. The van der Waals surface area contributed by atoms with Crippen LogP contribution in [0, 0.1) is 6.92 Å². The van der Waals surface area contributed by atoms with Crippen LogP contribution in [0.25, 0.3) is 6.08 Å². The number of phenols is 1. The summed E-state index contributed by atoms with van der Waals surface area (Å²) in [5, 5.41) is 22.7. The summed E-state index contributed by atoms with van der Waals surface area (Å²) in [6, 6.07) is 12.4. The molecular weight excluding hydrogens is 639 g/mol. The number of phenolic OH excluding ortho intramolecular Hbond substituents is 1. The summed E-state index contributed by atoms with van der Waals surface area (Å²) >= 11 is 1.61. The van der Waals surface area contributed by atoms with Crippen molar-refractivity contribution in [1.82, 2.24) is 25.8 Å². The normalized spacial score (nSPS) is 20.4. The van der Waals surface area contributed by atoms with Crippen LogP contribution in [0.4, 0.5) is 0 Å². The lowest BCUT2D eigenvalue weighted by Gasteiger charge is -2.38. The van der Waals surface area contributed by atoms with Gasteiger partial charge in [-0.15, -0.1) is 0 Å². The molecule has 5 rings (SSSR count). The molecule has 9 heteroatoms. The van der Waals surface area contributed by atoms with Crippen LogP contribution in [0.5, 0.6) is 5.75 Å². The number of allylic oxidation sites excluding steroid dienone is 1. The van der Waals surface area contributed by atoms with Gasteiger partial charge in [-0.2, -0.15) is 0 Å². The second-order valence-corrected chi connectivity index (χ2v) is 14.7. The van der Waals surface area contributed by atoms with Crippen LogP contribution in [0.3, 0.4) is 0 Å². The SMILES string of the molecule is C=C1NC(CCCCN)C(=C)N(C)C(Cc2c[nH]c3c2C=CCC3)C(=C)NCc2ccc(C)c(O)c2Sc2ccccc2CNC1CCCN. The Kier molecular flexibility index (Phi) is 13.3. The van der Waals surface area contributed by atoms with Crippen LogP contribution >= 0.6 is 11.8 Å². The van der Waals surface area contributed by atoms with E-state index in [1.165, 1.54) is 16.8 Å². The molecule has 0 amide bonds. The van der Waals surface area contributed by atoms with Gasteiger partial charge in [-0.25, -0.2) is 0 Å². The zero-order chi connectivity index (χ0) is 35.6. The Balaban J connectivity index is 1.56. The number of aromatic hydroxyl groups is 1. The van der Waals surface area contributed by atoms with Crippen LogP contribution in [0.1, 0.15) is 72.0 Å². The fourth-order valence-corrected chi connectivity index (χ4v) is 8.10. The first kappa shape index (κ1) is 37.4.